The minimum Gasteiger partial charge on any atom is -0.366 e. The Morgan fingerprint density at radius 3 is 2.92 bits per heavy atom. The molecule has 2 nitrogen and oxygen atoms in total. The summed E-state index contributed by atoms with van der Waals surface area (Å²) in [5.41, 5.74) is 2.80. The second-order valence-electron chi connectivity index (χ2n) is 3.83. The summed E-state index contributed by atoms with van der Waals surface area (Å²) < 4.78 is 5.59. The number of carbonyl (C=O) groups excluding carboxylic acids is 1. The number of rotatable bonds is 1. The van der Waals surface area contributed by atoms with E-state index in [0.717, 1.165) is 17.4 Å². The predicted molar refractivity (Wildman–Crippen MR) is 49.6 cm³/mol. The first-order valence-corrected chi connectivity index (χ1v) is 4.36. The molecule has 13 heavy (non-hydrogen) atoms. The summed E-state index contributed by atoms with van der Waals surface area (Å²) in [6, 6.07) is 5.71. The van der Waals surface area contributed by atoms with E-state index in [0.29, 0.717) is 6.61 Å². The van der Waals surface area contributed by atoms with Crippen molar-refractivity contribution >= 4 is 6.29 Å². The number of hydrogen-bond donors (Lipinski definition) is 0. The number of aldehydes is 1. The highest BCUT2D eigenvalue weighted by Gasteiger charge is 2.30. The monoisotopic (exact) mass is 176 g/mol. The Hall–Kier alpha value is -1.15. The second-order valence-corrected chi connectivity index (χ2v) is 3.83. The molecule has 68 valence electrons. The van der Waals surface area contributed by atoms with E-state index in [2.05, 4.69) is 0 Å². The molecule has 1 aliphatic rings. The van der Waals surface area contributed by atoms with Gasteiger partial charge in [-0.2, -0.15) is 0 Å². The van der Waals surface area contributed by atoms with Crippen molar-refractivity contribution in [2.24, 2.45) is 0 Å². The zero-order valence-corrected chi connectivity index (χ0v) is 7.83. The van der Waals surface area contributed by atoms with Gasteiger partial charge in [-0.15, -0.1) is 0 Å². The topological polar surface area (TPSA) is 26.3 Å². The van der Waals surface area contributed by atoms with Crippen molar-refractivity contribution in [1.82, 2.24) is 0 Å². The molecule has 0 aromatic heterocycles. The molecule has 1 aliphatic heterocycles. The van der Waals surface area contributed by atoms with E-state index in [1.54, 1.807) is 0 Å². The third-order valence-corrected chi connectivity index (χ3v) is 2.51. The highest BCUT2D eigenvalue weighted by atomic mass is 16.5. The molecule has 1 aromatic rings. The lowest BCUT2D eigenvalue weighted by Crippen LogP contribution is -2.14. The fourth-order valence-corrected chi connectivity index (χ4v) is 1.69. The summed E-state index contributed by atoms with van der Waals surface area (Å²) in [6.07, 6.45) is 0.870. The van der Waals surface area contributed by atoms with Crippen LogP contribution >= 0.6 is 0 Å². The SMILES string of the molecule is CC1(C)OCc2ccc(C=O)cc21. The zero-order chi connectivity index (χ0) is 9.47. The number of carbonyl (C=O) groups is 1. The molecular formula is C11H12O2. The van der Waals surface area contributed by atoms with Crippen molar-refractivity contribution in [3.05, 3.63) is 34.9 Å². The van der Waals surface area contributed by atoms with Gasteiger partial charge >= 0.3 is 0 Å². The van der Waals surface area contributed by atoms with Crippen molar-refractivity contribution in [3.8, 4) is 0 Å². The van der Waals surface area contributed by atoms with E-state index in [9.17, 15) is 4.79 Å². The number of ether oxygens (including phenoxy) is 1. The molecule has 0 spiro atoms. The molecule has 0 N–H and O–H groups in total. The van der Waals surface area contributed by atoms with E-state index in [4.69, 9.17) is 4.74 Å². The first kappa shape index (κ1) is 8.45. The van der Waals surface area contributed by atoms with Gasteiger partial charge < -0.3 is 4.74 Å². The van der Waals surface area contributed by atoms with Crippen molar-refractivity contribution in [1.29, 1.82) is 0 Å². The maximum atomic E-state index is 10.6. The van der Waals surface area contributed by atoms with E-state index in [-0.39, 0.29) is 5.60 Å². The summed E-state index contributed by atoms with van der Waals surface area (Å²) in [4.78, 5) is 10.6. The van der Waals surface area contributed by atoms with E-state index in [1.165, 1.54) is 5.56 Å². The third-order valence-electron chi connectivity index (χ3n) is 2.51. The molecule has 0 amide bonds. The zero-order valence-electron chi connectivity index (χ0n) is 7.83. The van der Waals surface area contributed by atoms with Crippen LogP contribution in [0.1, 0.15) is 35.3 Å². The number of hydrogen-bond acceptors (Lipinski definition) is 2. The maximum Gasteiger partial charge on any atom is 0.150 e. The molecule has 0 radical (unpaired) electrons. The molecule has 0 bridgehead atoms. The fourth-order valence-electron chi connectivity index (χ4n) is 1.69. The van der Waals surface area contributed by atoms with Crippen LogP contribution in [0.2, 0.25) is 0 Å². The fraction of sp³-hybridized carbons (Fsp3) is 0.364. The second kappa shape index (κ2) is 2.67. The molecule has 1 heterocycles. The standard InChI is InChI=1S/C11H12O2/c1-11(2)10-5-8(6-12)3-4-9(10)7-13-11/h3-6H,7H2,1-2H3. The highest BCUT2D eigenvalue weighted by Crippen LogP contribution is 2.35. The smallest absolute Gasteiger partial charge is 0.150 e. The highest BCUT2D eigenvalue weighted by molar-refractivity contribution is 5.75. The molecule has 0 fully saturated rings. The van der Waals surface area contributed by atoms with Crippen LogP contribution in [0.3, 0.4) is 0 Å². The molecule has 0 saturated heterocycles. The molecule has 2 heteroatoms. The quantitative estimate of drug-likeness (QED) is 0.613. The Morgan fingerprint density at radius 2 is 2.23 bits per heavy atom. The van der Waals surface area contributed by atoms with Crippen LogP contribution in [0.5, 0.6) is 0 Å². The van der Waals surface area contributed by atoms with Crippen LogP contribution in [-0.2, 0) is 16.9 Å². The first-order chi connectivity index (χ1) is 6.13. The Labute approximate surface area is 77.5 Å². The first-order valence-electron chi connectivity index (χ1n) is 4.36. The average Bonchev–Trinajstić information content (AvgIpc) is 2.42. The van der Waals surface area contributed by atoms with Crippen LogP contribution in [0.15, 0.2) is 18.2 Å². The predicted octanol–water partition coefficient (Wildman–Crippen LogP) is 2.26. The Bertz CT molecular complexity index is 353. The molecule has 0 atom stereocenters. The lowest BCUT2D eigenvalue weighted by atomic mass is 9.94. The minimum atomic E-state index is -0.242. The summed E-state index contributed by atoms with van der Waals surface area (Å²) in [5, 5.41) is 0. The van der Waals surface area contributed by atoms with Gasteiger partial charge in [0.15, 0.2) is 0 Å². The van der Waals surface area contributed by atoms with E-state index >= 15 is 0 Å². The number of fused-ring (bicyclic) bond motifs is 1. The van der Waals surface area contributed by atoms with Crippen molar-refractivity contribution in [2.45, 2.75) is 26.1 Å². The Morgan fingerprint density at radius 1 is 1.46 bits per heavy atom. The number of benzene rings is 1. The lowest BCUT2D eigenvalue weighted by Gasteiger charge is -2.18. The van der Waals surface area contributed by atoms with Gasteiger partial charge in [0.2, 0.25) is 0 Å². The van der Waals surface area contributed by atoms with Crippen LogP contribution in [0, 0.1) is 0 Å². The van der Waals surface area contributed by atoms with Gasteiger partial charge in [-0.3, -0.25) is 4.79 Å². The van der Waals surface area contributed by atoms with Gasteiger partial charge in [0.1, 0.15) is 6.29 Å². The van der Waals surface area contributed by atoms with Gasteiger partial charge in [0, 0.05) is 5.56 Å². The van der Waals surface area contributed by atoms with Crippen LogP contribution in [0.25, 0.3) is 0 Å². The van der Waals surface area contributed by atoms with Gasteiger partial charge in [-0.25, -0.2) is 0 Å². The molecule has 1 aromatic carbocycles. The Kier molecular flexibility index (Phi) is 1.74. The van der Waals surface area contributed by atoms with Gasteiger partial charge in [0.05, 0.1) is 12.2 Å². The molecular weight excluding hydrogens is 164 g/mol. The summed E-state index contributed by atoms with van der Waals surface area (Å²) in [5.74, 6) is 0. The van der Waals surface area contributed by atoms with E-state index in [1.807, 2.05) is 32.0 Å². The van der Waals surface area contributed by atoms with Gasteiger partial charge in [-0.05, 0) is 31.0 Å². The average molecular weight is 176 g/mol. The van der Waals surface area contributed by atoms with Crippen molar-refractivity contribution < 1.29 is 9.53 Å². The molecule has 0 aliphatic carbocycles. The maximum absolute atomic E-state index is 10.6. The van der Waals surface area contributed by atoms with Crippen LogP contribution < -0.4 is 0 Å². The van der Waals surface area contributed by atoms with Crippen molar-refractivity contribution in [2.75, 3.05) is 0 Å². The van der Waals surface area contributed by atoms with Crippen molar-refractivity contribution in [3.63, 3.8) is 0 Å². The molecule has 2 rings (SSSR count). The summed E-state index contributed by atoms with van der Waals surface area (Å²) in [7, 11) is 0. The lowest BCUT2D eigenvalue weighted by molar-refractivity contribution is -0.00789. The third kappa shape index (κ3) is 1.27. The summed E-state index contributed by atoms with van der Waals surface area (Å²) >= 11 is 0. The molecule has 0 saturated carbocycles. The summed E-state index contributed by atoms with van der Waals surface area (Å²) in [6.45, 7) is 4.70. The largest absolute Gasteiger partial charge is 0.366 e. The van der Waals surface area contributed by atoms with Gasteiger partial charge in [-0.1, -0.05) is 12.1 Å². The van der Waals surface area contributed by atoms with Gasteiger partial charge in [0.25, 0.3) is 0 Å². The minimum absolute atomic E-state index is 0.242. The van der Waals surface area contributed by atoms with Crippen LogP contribution in [0.4, 0.5) is 0 Å². The normalized spacial score (nSPS) is 18.3. The molecule has 0 unspecified atom stereocenters. The van der Waals surface area contributed by atoms with E-state index < -0.39 is 0 Å². The van der Waals surface area contributed by atoms with Crippen LogP contribution in [-0.4, -0.2) is 6.29 Å². The Balaban J connectivity index is 2.55.